The highest BCUT2D eigenvalue weighted by Crippen LogP contribution is 2.46. The van der Waals surface area contributed by atoms with Gasteiger partial charge in [-0.3, -0.25) is 9.91 Å². The van der Waals surface area contributed by atoms with Gasteiger partial charge in [0.25, 0.3) is 0 Å². The van der Waals surface area contributed by atoms with Gasteiger partial charge >= 0.3 is 0 Å². The molecule has 0 atom stereocenters. The van der Waals surface area contributed by atoms with Crippen LogP contribution in [0.25, 0.3) is 11.1 Å². The Morgan fingerprint density at radius 1 is 0.750 bits per heavy atom. The molecule has 0 aromatic heterocycles. The van der Waals surface area contributed by atoms with Crippen LogP contribution >= 0.6 is 0 Å². The molecule has 3 heteroatoms. The van der Waals surface area contributed by atoms with Gasteiger partial charge in [0.1, 0.15) is 0 Å². The average Bonchev–Trinajstić information content (AvgIpc) is 3.08. The van der Waals surface area contributed by atoms with Crippen molar-refractivity contribution in [3.8, 4) is 11.1 Å². The first-order chi connectivity index (χ1) is 13.8. The average molecular weight is 367 g/mol. The van der Waals surface area contributed by atoms with Crippen LogP contribution in [0.4, 0.5) is 0 Å². The van der Waals surface area contributed by atoms with Gasteiger partial charge in [0, 0.05) is 26.2 Å². The fourth-order valence-corrected chi connectivity index (χ4v) is 4.41. The van der Waals surface area contributed by atoms with Crippen LogP contribution in [0.15, 0.2) is 77.9 Å². The molecule has 140 valence electrons. The third-order valence-electron chi connectivity index (χ3n) is 5.90. The number of hydrogen-bond acceptors (Lipinski definition) is 3. The van der Waals surface area contributed by atoms with E-state index in [0.717, 1.165) is 31.7 Å². The lowest BCUT2D eigenvalue weighted by atomic mass is 10.0. The van der Waals surface area contributed by atoms with Crippen molar-refractivity contribution in [1.29, 1.82) is 0 Å². The Kier molecular flexibility index (Phi) is 4.46. The summed E-state index contributed by atoms with van der Waals surface area (Å²) in [7, 11) is 0. The maximum Gasteiger partial charge on any atom is 0.0615 e. The molecule has 3 aromatic carbocycles. The van der Waals surface area contributed by atoms with Gasteiger partial charge in [-0.25, -0.2) is 0 Å². The first-order valence-electron chi connectivity index (χ1n) is 10.1. The van der Waals surface area contributed by atoms with Crippen LogP contribution < -0.4 is 0 Å². The van der Waals surface area contributed by atoms with Gasteiger partial charge in [-0.05, 0) is 34.7 Å². The highest BCUT2D eigenvalue weighted by Gasteiger charge is 2.33. The van der Waals surface area contributed by atoms with Crippen LogP contribution in [0.5, 0.6) is 0 Å². The molecule has 0 amide bonds. The van der Waals surface area contributed by atoms with E-state index >= 15 is 0 Å². The van der Waals surface area contributed by atoms with E-state index in [1.165, 1.54) is 27.8 Å². The van der Waals surface area contributed by atoms with Crippen molar-refractivity contribution in [3.05, 3.63) is 95.1 Å². The third-order valence-corrected chi connectivity index (χ3v) is 5.90. The Hall–Kier alpha value is -2.91. The molecule has 0 radical (unpaired) electrons. The summed E-state index contributed by atoms with van der Waals surface area (Å²) in [5, 5.41) is 6.91. The molecular formula is C25H25N3. The molecule has 0 N–H and O–H groups in total. The molecule has 0 saturated carbocycles. The second kappa shape index (κ2) is 7.25. The molecule has 1 saturated heterocycles. The number of aryl methyl sites for hydroxylation is 1. The molecular weight excluding hydrogens is 342 g/mol. The monoisotopic (exact) mass is 367 g/mol. The Morgan fingerprint density at radius 2 is 1.32 bits per heavy atom. The lowest BCUT2D eigenvalue weighted by molar-refractivity contribution is 0.114. The summed E-state index contributed by atoms with van der Waals surface area (Å²) in [5.41, 5.74) is 8.11. The Labute approximate surface area is 166 Å². The number of fused-ring (bicyclic) bond motifs is 3. The zero-order valence-electron chi connectivity index (χ0n) is 16.3. The normalized spacial score (nSPS) is 17.1. The summed E-state index contributed by atoms with van der Waals surface area (Å²) in [6.07, 6.45) is 1.98. The van der Waals surface area contributed by atoms with Crippen molar-refractivity contribution in [2.75, 3.05) is 26.2 Å². The number of hydrogen-bond donors (Lipinski definition) is 0. The van der Waals surface area contributed by atoms with Crippen LogP contribution in [-0.4, -0.2) is 42.3 Å². The van der Waals surface area contributed by atoms with Gasteiger partial charge < -0.3 is 0 Å². The van der Waals surface area contributed by atoms with Gasteiger partial charge in [0.2, 0.25) is 0 Å². The van der Waals surface area contributed by atoms with E-state index in [9.17, 15) is 0 Å². The lowest BCUT2D eigenvalue weighted by Crippen LogP contribution is -2.45. The number of nitrogens with zero attached hydrogens (tertiary/aromatic N) is 3. The molecule has 3 nitrogen and oxygen atoms in total. The van der Waals surface area contributed by atoms with Gasteiger partial charge in [0.05, 0.1) is 12.3 Å². The molecule has 0 spiro atoms. The molecule has 2 aliphatic rings. The number of benzene rings is 3. The molecule has 1 aliphatic carbocycles. The van der Waals surface area contributed by atoms with Gasteiger partial charge in [0.15, 0.2) is 0 Å². The van der Waals surface area contributed by atoms with Crippen molar-refractivity contribution in [2.45, 2.75) is 13.0 Å². The maximum absolute atomic E-state index is 4.71. The van der Waals surface area contributed by atoms with Crippen LogP contribution in [-0.2, 0) is 0 Å². The molecule has 3 aromatic rings. The second-order valence-electron chi connectivity index (χ2n) is 7.72. The fourth-order valence-electron chi connectivity index (χ4n) is 4.41. The summed E-state index contributed by atoms with van der Waals surface area (Å²) >= 11 is 0. The van der Waals surface area contributed by atoms with Gasteiger partial charge in [-0.1, -0.05) is 78.4 Å². The zero-order chi connectivity index (χ0) is 18.9. The first-order valence-corrected chi connectivity index (χ1v) is 10.1. The smallest absolute Gasteiger partial charge is 0.0615 e. The minimum Gasteiger partial charge on any atom is -0.294 e. The summed E-state index contributed by atoms with van der Waals surface area (Å²) in [6, 6.07) is 26.6. The van der Waals surface area contributed by atoms with Crippen molar-refractivity contribution in [2.24, 2.45) is 5.10 Å². The summed E-state index contributed by atoms with van der Waals surface area (Å²) in [4.78, 5) is 2.61. The summed E-state index contributed by atoms with van der Waals surface area (Å²) in [6.45, 7) is 6.09. The fraction of sp³-hybridized carbons (Fsp3) is 0.240. The highest BCUT2D eigenvalue weighted by molar-refractivity contribution is 5.79. The van der Waals surface area contributed by atoms with Crippen molar-refractivity contribution >= 4 is 6.21 Å². The van der Waals surface area contributed by atoms with Gasteiger partial charge in [-0.15, -0.1) is 0 Å². The van der Waals surface area contributed by atoms with E-state index in [2.05, 4.69) is 89.6 Å². The van der Waals surface area contributed by atoms with E-state index in [-0.39, 0.29) is 0 Å². The first kappa shape index (κ1) is 17.2. The van der Waals surface area contributed by atoms with E-state index in [4.69, 9.17) is 5.10 Å². The SMILES string of the molecule is Cc1ccc(/C=N/N2CCN(C3c4ccccc4-c4ccccc43)CC2)cc1. The predicted molar refractivity (Wildman–Crippen MR) is 116 cm³/mol. The maximum atomic E-state index is 4.71. The second-order valence-corrected chi connectivity index (χ2v) is 7.72. The van der Waals surface area contributed by atoms with E-state index in [1.807, 2.05) is 6.21 Å². The minimum absolute atomic E-state index is 0.371. The molecule has 1 fully saturated rings. The van der Waals surface area contributed by atoms with Crippen LogP contribution in [0.2, 0.25) is 0 Å². The van der Waals surface area contributed by atoms with Crippen molar-refractivity contribution in [1.82, 2.24) is 9.91 Å². The number of rotatable bonds is 3. The van der Waals surface area contributed by atoms with Crippen molar-refractivity contribution < 1.29 is 0 Å². The predicted octanol–water partition coefficient (Wildman–Crippen LogP) is 4.72. The summed E-state index contributed by atoms with van der Waals surface area (Å²) in [5.74, 6) is 0. The molecule has 0 bridgehead atoms. The van der Waals surface area contributed by atoms with Crippen LogP contribution in [0.3, 0.4) is 0 Å². The Morgan fingerprint density at radius 3 is 1.93 bits per heavy atom. The minimum atomic E-state index is 0.371. The van der Waals surface area contributed by atoms with E-state index in [1.54, 1.807) is 0 Å². The zero-order valence-corrected chi connectivity index (χ0v) is 16.3. The topological polar surface area (TPSA) is 18.8 Å². The molecule has 1 heterocycles. The lowest BCUT2D eigenvalue weighted by Gasteiger charge is -2.37. The molecule has 5 rings (SSSR count). The van der Waals surface area contributed by atoms with Crippen LogP contribution in [0.1, 0.15) is 28.3 Å². The summed E-state index contributed by atoms with van der Waals surface area (Å²) < 4.78 is 0. The standard InChI is InChI=1S/C25H25N3/c1-19-10-12-20(13-11-19)18-26-28-16-14-27(15-17-28)25-23-8-4-2-6-21(23)22-7-3-5-9-24(22)25/h2-13,18,25H,14-17H2,1H3/b26-18+. The Balaban J connectivity index is 1.31. The van der Waals surface area contributed by atoms with Crippen molar-refractivity contribution in [3.63, 3.8) is 0 Å². The van der Waals surface area contributed by atoms with E-state index in [0.29, 0.717) is 6.04 Å². The molecule has 1 aliphatic heterocycles. The third kappa shape index (κ3) is 3.12. The largest absolute Gasteiger partial charge is 0.294 e. The van der Waals surface area contributed by atoms with E-state index < -0.39 is 0 Å². The van der Waals surface area contributed by atoms with Gasteiger partial charge in [-0.2, -0.15) is 5.10 Å². The van der Waals surface area contributed by atoms with Crippen LogP contribution in [0, 0.1) is 6.92 Å². The number of hydrazone groups is 1. The number of piperazine rings is 1. The molecule has 28 heavy (non-hydrogen) atoms. The molecule has 0 unspecified atom stereocenters. The quantitative estimate of drug-likeness (QED) is 0.624. The highest BCUT2D eigenvalue weighted by atomic mass is 15.5. The Bertz CT molecular complexity index is 953.